The predicted molar refractivity (Wildman–Crippen MR) is 59.8 cm³/mol. The maximum Gasteiger partial charge on any atom is 0.215 e. The van der Waals surface area contributed by atoms with Crippen molar-refractivity contribution >= 4 is 40.7 Å². The van der Waals surface area contributed by atoms with Gasteiger partial charge in [0, 0.05) is 10.6 Å². The van der Waals surface area contributed by atoms with E-state index in [1.807, 2.05) is 0 Å². The molecule has 0 radical (unpaired) electrons. The summed E-state index contributed by atoms with van der Waals surface area (Å²) in [5, 5.41) is 0.813. The standard InChI is InChI=1S/C9H4Cl2N2OS/c10-5-1-2-6(7(11)3-5)9(14)8-4-12-15-13-8/h1-4H. The number of hydrogen-bond donors (Lipinski definition) is 0. The number of ketones is 1. The second-order valence-electron chi connectivity index (χ2n) is 2.75. The van der Waals surface area contributed by atoms with Crippen molar-refractivity contribution < 1.29 is 4.79 Å². The van der Waals surface area contributed by atoms with E-state index in [0.29, 0.717) is 21.3 Å². The highest BCUT2D eigenvalue weighted by molar-refractivity contribution is 6.99. The molecular formula is C9H4Cl2N2OS. The van der Waals surface area contributed by atoms with Gasteiger partial charge in [0.2, 0.25) is 5.78 Å². The summed E-state index contributed by atoms with van der Waals surface area (Å²) in [4.78, 5) is 11.8. The summed E-state index contributed by atoms with van der Waals surface area (Å²) < 4.78 is 7.60. The van der Waals surface area contributed by atoms with Gasteiger partial charge in [0.15, 0.2) is 0 Å². The summed E-state index contributed by atoms with van der Waals surface area (Å²) in [6, 6.07) is 4.71. The number of benzene rings is 1. The van der Waals surface area contributed by atoms with Crippen LogP contribution in [-0.2, 0) is 0 Å². The van der Waals surface area contributed by atoms with Gasteiger partial charge in [0.1, 0.15) is 5.69 Å². The minimum Gasteiger partial charge on any atom is -0.287 e. The van der Waals surface area contributed by atoms with E-state index in [0.717, 1.165) is 11.7 Å². The third-order valence-corrected chi connectivity index (χ3v) is 2.80. The first-order chi connectivity index (χ1) is 7.18. The Morgan fingerprint density at radius 2 is 2.13 bits per heavy atom. The number of halogens is 2. The van der Waals surface area contributed by atoms with Crippen molar-refractivity contribution in [2.45, 2.75) is 0 Å². The van der Waals surface area contributed by atoms with Crippen LogP contribution in [0, 0.1) is 0 Å². The molecule has 0 aliphatic carbocycles. The van der Waals surface area contributed by atoms with Crippen LogP contribution >= 0.6 is 34.9 Å². The SMILES string of the molecule is O=C(c1cnsn1)c1ccc(Cl)cc1Cl. The summed E-state index contributed by atoms with van der Waals surface area (Å²) >= 11 is 12.6. The van der Waals surface area contributed by atoms with Crippen molar-refractivity contribution in [3.63, 3.8) is 0 Å². The van der Waals surface area contributed by atoms with E-state index in [2.05, 4.69) is 8.75 Å². The molecule has 0 bridgehead atoms. The summed E-state index contributed by atoms with van der Waals surface area (Å²) in [6.07, 6.45) is 1.41. The second-order valence-corrected chi connectivity index (χ2v) is 4.15. The predicted octanol–water partition coefficient (Wildman–Crippen LogP) is 3.08. The van der Waals surface area contributed by atoms with E-state index in [1.165, 1.54) is 12.3 Å². The number of nitrogens with zero attached hydrogens (tertiary/aromatic N) is 2. The molecule has 6 heteroatoms. The summed E-state index contributed by atoms with van der Waals surface area (Å²) in [7, 11) is 0. The molecule has 0 N–H and O–H groups in total. The number of hydrogen-bond acceptors (Lipinski definition) is 4. The third kappa shape index (κ3) is 2.17. The molecule has 2 rings (SSSR count). The normalized spacial score (nSPS) is 10.3. The van der Waals surface area contributed by atoms with Crippen LogP contribution in [0.2, 0.25) is 10.0 Å². The van der Waals surface area contributed by atoms with Gasteiger partial charge in [-0.1, -0.05) is 23.2 Å². The van der Waals surface area contributed by atoms with Gasteiger partial charge in [-0.3, -0.25) is 4.79 Å². The molecule has 0 saturated carbocycles. The number of carbonyl (C=O) groups is 1. The molecule has 3 nitrogen and oxygen atoms in total. The van der Waals surface area contributed by atoms with Crippen molar-refractivity contribution in [1.29, 1.82) is 0 Å². The highest BCUT2D eigenvalue weighted by Crippen LogP contribution is 2.22. The fourth-order valence-corrected chi connectivity index (χ4v) is 1.98. The van der Waals surface area contributed by atoms with Gasteiger partial charge in [-0.05, 0) is 18.2 Å². The molecule has 0 aliphatic rings. The summed E-state index contributed by atoms with van der Waals surface area (Å²) in [6.45, 7) is 0. The molecular weight excluding hydrogens is 255 g/mol. The van der Waals surface area contributed by atoms with Gasteiger partial charge in [0.05, 0.1) is 22.9 Å². The zero-order valence-corrected chi connectivity index (χ0v) is 9.60. The van der Waals surface area contributed by atoms with Gasteiger partial charge in [-0.2, -0.15) is 8.75 Å². The molecule has 0 atom stereocenters. The Bertz CT molecular complexity index is 499. The van der Waals surface area contributed by atoms with E-state index in [9.17, 15) is 4.79 Å². The van der Waals surface area contributed by atoms with Gasteiger partial charge in [-0.25, -0.2) is 0 Å². The van der Waals surface area contributed by atoms with Crippen molar-refractivity contribution in [2.75, 3.05) is 0 Å². The average molecular weight is 259 g/mol. The van der Waals surface area contributed by atoms with Crippen LogP contribution in [0.15, 0.2) is 24.4 Å². The van der Waals surface area contributed by atoms with Crippen LogP contribution < -0.4 is 0 Å². The Balaban J connectivity index is 2.42. The van der Waals surface area contributed by atoms with Crippen molar-refractivity contribution in [1.82, 2.24) is 8.75 Å². The van der Waals surface area contributed by atoms with E-state index < -0.39 is 0 Å². The smallest absolute Gasteiger partial charge is 0.215 e. The second kappa shape index (κ2) is 4.26. The van der Waals surface area contributed by atoms with Gasteiger partial charge in [0.25, 0.3) is 0 Å². The van der Waals surface area contributed by atoms with Crippen molar-refractivity contribution in [2.24, 2.45) is 0 Å². The molecule has 0 aliphatic heterocycles. The topological polar surface area (TPSA) is 42.9 Å². The van der Waals surface area contributed by atoms with E-state index in [4.69, 9.17) is 23.2 Å². The number of carbonyl (C=O) groups excluding carboxylic acids is 1. The van der Waals surface area contributed by atoms with Crippen LogP contribution in [-0.4, -0.2) is 14.5 Å². The molecule has 15 heavy (non-hydrogen) atoms. The first-order valence-electron chi connectivity index (χ1n) is 3.96. The lowest BCUT2D eigenvalue weighted by Gasteiger charge is -2.00. The molecule has 0 fully saturated rings. The van der Waals surface area contributed by atoms with Crippen molar-refractivity contribution in [3.8, 4) is 0 Å². The average Bonchev–Trinajstić information content (AvgIpc) is 2.69. The Labute approximate surface area is 100.0 Å². The molecule has 1 aromatic heterocycles. The minimum atomic E-state index is -0.245. The molecule has 2 aromatic rings. The number of aromatic nitrogens is 2. The first-order valence-corrected chi connectivity index (χ1v) is 5.44. The monoisotopic (exact) mass is 258 g/mol. The molecule has 0 saturated heterocycles. The zero-order valence-electron chi connectivity index (χ0n) is 7.28. The van der Waals surface area contributed by atoms with Crippen LogP contribution in [0.25, 0.3) is 0 Å². The maximum atomic E-state index is 11.8. The quantitative estimate of drug-likeness (QED) is 0.778. The Kier molecular flexibility index (Phi) is 3.00. The van der Waals surface area contributed by atoms with Crippen LogP contribution in [0.3, 0.4) is 0 Å². The number of rotatable bonds is 2. The lowest BCUT2D eigenvalue weighted by Crippen LogP contribution is -2.02. The third-order valence-electron chi connectivity index (χ3n) is 1.77. The lowest BCUT2D eigenvalue weighted by molar-refractivity contribution is 0.103. The van der Waals surface area contributed by atoms with Gasteiger partial charge in [-0.15, -0.1) is 0 Å². The molecule has 0 spiro atoms. The van der Waals surface area contributed by atoms with Gasteiger partial charge >= 0.3 is 0 Å². The summed E-state index contributed by atoms with van der Waals surface area (Å²) in [5.74, 6) is -0.245. The van der Waals surface area contributed by atoms with Crippen LogP contribution in [0.5, 0.6) is 0 Å². The van der Waals surface area contributed by atoms with Gasteiger partial charge < -0.3 is 0 Å². The Morgan fingerprint density at radius 3 is 2.73 bits per heavy atom. The Morgan fingerprint density at radius 1 is 1.33 bits per heavy atom. The molecule has 0 amide bonds. The Hall–Kier alpha value is -0.970. The summed E-state index contributed by atoms with van der Waals surface area (Å²) in [5.41, 5.74) is 0.679. The first kappa shape index (κ1) is 10.5. The maximum absolute atomic E-state index is 11.8. The van der Waals surface area contributed by atoms with Crippen LogP contribution in [0.4, 0.5) is 0 Å². The van der Waals surface area contributed by atoms with E-state index >= 15 is 0 Å². The largest absolute Gasteiger partial charge is 0.287 e. The molecule has 1 heterocycles. The lowest BCUT2D eigenvalue weighted by atomic mass is 10.1. The highest BCUT2D eigenvalue weighted by Gasteiger charge is 2.15. The van der Waals surface area contributed by atoms with E-state index in [-0.39, 0.29) is 5.78 Å². The highest BCUT2D eigenvalue weighted by atomic mass is 35.5. The zero-order chi connectivity index (χ0) is 10.8. The molecule has 76 valence electrons. The fraction of sp³-hybridized carbons (Fsp3) is 0. The van der Waals surface area contributed by atoms with Crippen molar-refractivity contribution in [3.05, 3.63) is 45.7 Å². The molecule has 0 unspecified atom stereocenters. The molecule has 1 aromatic carbocycles. The minimum absolute atomic E-state index is 0.245. The fourth-order valence-electron chi connectivity index (χ4n) is 1.08. The van der Waals surface area contributed by atoms with E-state index in [1.54, 1.807) is 12.1 Å². The van der Waals surface area contributed by atoms with Crippen LogP contribution in [0.1, 0.15) is 16.1 Å².